The summed E-state index contributed by atoms with van der Waals surface area (Å²) in [6.45, 7) is 3.63. The van der Waals surface area contributed by atoms with Crippen molar-refractivity contribution in [2.75, 3.05) is 19.6 Å². The average molecular weight is 403 g/mol. The van der Waals surface area contributed by atoms with Crippen molar-refractivity contribution in [2.45, 2.75) is 18.2 Å². The number of hydrogen-bond donors (Lipinski definition) is 2. The lowest BCUT2D eigenvalue weighted by molar-refractivity contribution is -0.385. The van der Waals surface area contributed by atoms with Crippen molar-refractivity contribution in [3.8, 4) is 0 Å². The average Bonchev–Trinajstić information content (AvgIpc) is 2.37. The van der Waals surface area contributed by atoms with Crippen molar-refractivity contribution >= 4 is 44.0 Å². The van der Waals surface area contributed by atoms with E-state index in [1.807, 2.05) is 6.92 Å². The third-order valence-corrected chi connectivity index (χ3v) is 4.54. The van der Waals surface area contributed by atoms with Crippen LogP contribution in [0.25, 0.3) is 0 Å². The first-order chi connectivity index (χ1) is 9.38. The van der Waals surface area contributed by atoms with Gasteiger partial charge in [-0.05, 0) is 41.0 Å². The molecular formula is C11H17BrClN3O4S. The van der Waals surface area contributed by atoms with Gasteiger partial charge < -0.3 is 5.32 Å². The second-order valence-corrected chi connectivity index (χ2v) is 6.64. The lowest BCUT2D eigenvalue weighted by Crippen LogP contribution is -2.32. The molecule has 0 fully saturated rings. The predicted octanol–water partition coefficient (Wildman–Crippen LogP) is 2.06. The molecule has 0 saturated heterocycles. The predicted molar refractivity (Wildman–Crippen MR) is 86.4 cm³/mol. The molecule has 0 bridgehead atoms. The number of nitro benzene ring substituents is 1. The fraction of sp³-hybridized carbons (Fsp3) is 0.455. The standard InChI is InChI=1S/C11H16BrN3O4S.ClH/c1-2-5-13-6-7-14-20(18,19)9-3-4-11(15(16)17)10(12)8-9;/h3-4,8,13-14H,2,5-7H2,1H3;1H. The molecule has 0 aliphatic heterocycles. The molecule has 1 aromatic carbocycles. The van der Waals surface area contributed by atoms with Gasteiger partial charge in [0.25, 0.3) is 5.69 Å². The number of hydrogen-bond acceptors (Lipinski definition) is 5. The highest BCUT2D eigenvalue weighted by Crippen LogP contribution is 2.27. The van der Waals surface area contributed by atoms with E-state index in [0.717, 1.165) is 19.0 Å². The van der Waals surface area contributed by atoms with Crippen molar-refractivity contribution < 1.29 is 13.3 Å². The largest absolute Gasteiger partial charge is 0.315 e. The third-order valence-electron chi connectivity index (χ3n) is 2.45. The molecule has 21 heavy (non-hydrogen) atoms. The summed E-state index contributed by atoms with van der Waals surface area (Å²) in [7, 11) is -3.66. The number of halogens is 2. The van der Waals surface area contributed by atoms with Gasteiger partial charge in [0, 0.05) is 19.2 Å². The van der Waals surface area contributed by atoms with Gasteiger partial charge in [-0.25, -0.2) is 13.1 Å². The Bertz CT molecular complexity index is 583. The molecule has 0 aliphatic carbocycles. The van der Waals surface area contributed by atoms with E-state index in [2.05, 4.69) is 26.0 Å². The van der Waals surface area contributed by atoms with Gasteiger partial charge in [0.2, 0.25) is 10.0 Å². The van der Waals surface area contributed by atoms with Crippen LogP contribution in [0.3, 0.4) is 0 Å². The van der Waals surface area contributed by atoms with Gasteiger partial charge >= 0.3 is 0 Å². The van der Waals surface area contributed by atoms with Gasteiger partial charge in [0.15, 0.2) is 0 Å². The van der Waals surface area contributed by atoms with Crippen LogP contribution in [0.15, 0.2) is 27.6 Å². The van der Waals surface area contributed by atoms with Gasteiger partial charge in [-0.3, -0.25) is 10.1 Å². The van der Waals surface area contributed by atoms with Gasteiger partial charge in [0.1, 0.15) is 0 Å². The number of nitrogens with one attached hydrogen (secondary N) is 2. The van der Waals surface area contributed by atoms with Crippen LogP contribution >= 0.6 is 28.3 Å². The first-order valence-electron chi connectivity index (χ1n) is 6.03. The van der Waals surface area contributed by atoms with Crippen LogP contribution < -0.4 is 10.0 Å². The number of nitro groups is 1. The summed E-state index contributed by atoms with van der Waals surface area (Å²) in [6.07, 6.45) is 0.974. The van der Waals surface area contributed by atoms with E-state index in [1.54, 1.807) is 0 Å². The molecule has 0 heterocycles. The highest BCUT2D eigenvalue weighted by molar-refractivity contribution is 9.10. The Labute approximate surface area is 138 Å². The maximum atomic E-state index is 12.0. The van der Waals surface area contributed by atoms with Crippen molar-refractivity contribution in [2.24, 2.45) is 0 Å². The SMILES string of the molecule is CCCNCCNS(=O)(=O)c1ccc([N+](=O)[O-])c(Br)c1.Cl. The van der Waals surface area contributed by atoms with Gasteiger partial charge in [0.05, 0.1) is 14.3 Å². The molecule has 0 amide bonds. The van der Waals surface area contributed by atoms with E-state index in [9.17, 15) is 18.5 Å². The van der Waals surface area contributed by atoms with Crippen molar-refractivity contribution in [3.63, 3.8) is 0 Å². The van der Waals surface area contributed by atoms with Crippen molar-refractivity contribution in [3.05, 3.63) is 32.8 Å². The van der Waals surface area contributed by atoms with Crippen LogP contribution in [-0.4, -0.2) is 33.0 Å². The molecule has 1 aromatic rings. The fourth-order valence-corrected chi connectivity index (χ4v) is 3.19. The van der Waals surface area contributed by atoms with E-state index < -0.39 is 14.9 Å². The zero-order valence-corrected chi connectivity index (χ0v) is 14.6. The van der Waals surface area contributed by atoms with E-state index >= 15 is 0 Å². The van der Waals surface area contributed by atoms with Crippen LogP contribution in [0.2, 0.25) is 0 Å². The maximum absolute atomic E-state index is 12.0. The van der Waals surface area contributed by atoms with E-state index in [1.165, 1.54) is 12.1 Å². The first kappa shape index (κ1) is 20.3. The Balaban J connectivity index is 0.00000400. The summed E-state index contributed by atoms with van der Waals surface area (Å²) in [5.74, 6) is 0. The smallest absolute Gasteiger partial charge is 0.283 e. The van der Waals surface area contributed by atoms with E-state index in [-0.39, 0.29) is 34.0 Å². The summed E-state index contributed by atoms with van der Waals surface area (Å²) in [4.78, 5) is 10.1. The minimum absolute atomic E-state index is 0. The molecule has 0 saturated carbocycles. The minimum atomic E-state index is -3.66. The van der Waals surface area contributed by atoms with Crippen LogP contribution in [0, 0.1) is 10.1 Å². The Hall–Kier alpha value is -0.740. The summed E-state index contributed by atoms with van der Waals surface area (Å²) in [6, 6.07) is 3.60. The number of rotatable bonds is 8. The van der Waals surface area contributed by atoms with Crippen LogP contribution in [0.1, 0.15) is 13.3 Å². The van der Waals surface area contributed by atoms with Gasteiger partial charge in [-0.2, -0.15) is 0 Å². The molecule has 0 spiro atoms. The quantitative estimate of drug-likeness (QED) is 0.394. The Morgan fingerprint density at radius 3 is 2.48 bits per heavy atom. The maximum Gasteiger partial charge on any atom is 0.283 e. The summed E-state index contributed by atoms with van der Waals surface area (Å²) in [5, 5.41) is 13.7. The minimum Gasteiger partial charge on any atom is -0.315 e. The normalized spacial score (nSPS) is 11.0. The highest BCUT2D eigenvalue weighted by atomic mass is 79.9. The monoisotopic (exact) mass is 401 g/mol. The van der Waals surface area contributed by atoms with E-state index in [4.69, 9.17) is 0 Å². The van der Waals surface area contributed by atoms with Gasteiger partial charge in [-0.1, -0.05) is 6.92 Å². The second-order valence-electron chi connectivity index (χ2n) is 4.02. The molecule has 120 valence electrons. The molecule has 0 radical (unpaired) electrons. The molecule has 0 unspecified atom stereocenters. The third kappa shape index (κ3) is 6.27. The molecule has 2 N–H and O–H groups in total. The highest BCUT2D eigenvalue weighted by Gasteiger charge is 2.18. The lowest BCUT2D eigenvalue weighted by atomic mass is 10.3. The summed E-state index contributed by atoms with van der Waals surface area (Å²) < 4.78 is 26.5. The topological polar surface area (TPSA) is 101 Å². The van der Waals surface area contributed by atoms with Crippen molar-refractivity contribution in [1.82, 2.24) is 10.0 Å². The molecule has 7 nitrogen and oxygen atoms in total. The molecule has 0 aromatic heterocycles. The Morgan fingerprint density at radius 2 is 1.95 bits per heavy atom. The molecular weight excluding hydrogens is 386 g/mol. The van der Waals surface area contributed by atoms with E-state index in [0.29, 0.717) is 6.54 Å². The second kappa shape index (κ2) is 9.31. The van der Waals surface area contributed by atoms with Crippen LogP contribution in [-0.2, 0) is 10.0 Å². The van der Waals surface area contributed by atoms with Crippen molar-refractivity contribution in [1.29, 1.82) is 0 Å². The Kier molecular flexibility index (Phi) is 8.98. The van der Waals surface area contributed by atoms with Crippen LogP contribution in [0.5, 0.6) is 0 Å². The molecule has 0 aliphatic rings. The Morgan fingerprint density at radius 1 is 1.29 bits per heavy atom. The summed E-state index contributed by atoms with van der Waals surface area (Å²) in [5.41, 5.74) is -0.173. The van der Waals surface area contributed by atoms with Crippen LogP contribution in [0.4, 0.5) is 5.69 Å². The van der Waals surface area contributed by atoms with Gasteiger partial charge in [-0.15, -0.1) is 12.4 Å². The number of nitrogens with zero attached hydrogens (tertiary/aromatic N) is 1. The first-order valence-corrected chi connectivity index (χ1v) is 8.30. The lowest BCUT2D eigenvalue weighted by Gasteiger charge is -2.08. The number of sulfonamides is 1. The zero-order valence-electron chi connectivity index (χ0n) is 11.3. The fourth-order valence-electron chi connectivity index (χ4n) is 1.46. The molecule has 0 atom stereocenters. The zero-order chi connectivity index (χ0) is 15.2. The molecule has 1 rings (SSSR count). The molecule has 10 heteroatoms. The number of benzene rings is 1. The summed E-state index contributed by atoms with van der Waals surface area (Å²) >= 11 is 3.00.